The van der Waals surface area contributed by atoms with Gasteiger partial charge in [0.05, 0.1) is 0 Å². The largest absolute Gasteiger partial charge is 0.326 e. The highest BCUT2D eigenvalue weighted by Crippen LogP contribution is 2.38. The molecule has 1 aromatic rings. The first-order chi connectivity index (χ1) is 8.20. The van der Waals surface area contributed by atoms with Gasteiger partial charge in [0, 0.05) is 18.2 Å². The van der Waals surface area contributed by atoms with Crippen LogP contribution in [0.1, 0.15) is 25.8 Å². The molecule has 0 radical (unpaired) electrons. The number of hydrogen-bond acceptors (Lipinski definition) is 2. The molecule has 100 valence electrons. The molecule has 3 nitrogen and oxygen atoms in total. The summed E-state index contributed by atoms with van der Waals surface area (Å²) in [6, 6.07) is 8.03. The lowest BCUT2D eigenvalue weighted by atomic mass is 10.2. The molecule has 2 rings (SSSR count). The third-order valence-corrected chi connectivity index (χ3v) is 3.22. The summed E-state index contributed by atoms with van der Waals surface area (Å²) in [6.07, 6.45) is 1.03. The van der Waals surface area contributed by atoms with Crippen molar-refractivity contribution >= 4 is 24.0 Å². The Kier molecular flexibility index (Phi) is 5.63. The highest BCUT2D eigenvalue weighted by Gasteiger charge is 2.38. The van der Waals surface area contributed by atoms with Gasteiger partial charge in [-0.15, -0.1) is 12.4 Å². The predicted octanol–water partition coefficient (Wildman–Crippen LogP) is 2.81. The van der Waals surface area contributed by atoms with Crippen molar-refractivity contribution in [3.05, 3.63) is 29.8 Å². The fraction of sp³-hybridized carbons (Fsp3) is 0.500. The van der Waals surface area contributed by atoms with Gasteiger partial charge >= 0.3 is 0 Å². The molecule has 0 saturated heterocycles. The van der Waals surface area contributed by atoms with E-state index in [2.05, 4.69) is 30.5 Å². The summed E-state index contributed by atoms with van der Waals surface area (Å²) in [5.41, 5.74) is 2.11. The Labute approximate surface area is 115 Å². The molecule has 1 aliphatic rings. The van der Waals surface area contributed by atoms with Crippen LogP contribution in [0.25, 0.3) is 0 Å². The van der Waals surface area contributed by atoms with Crippen LogP contribution < -0.4 is 10.6 Å². The Balaban J connectivity index is 0.00000162. The third-order valence-electron chi connectivity index (χ3n) is 3.22. The Bertz CT molecular complexity index is 409. The first-order valence-corrected chi connectivity index (χ1v) is 6.31. The molecular weight excluding hydrogens is 248 g/mol. The van der Waals surface area contributed by atoms with Crippen LogP contribution in [0, 0.1) is 11.8 Å². The molecule has 1 aromatic carbocycles. The van der Waals surface area contributed by atoms with E-state index in [1.807, 2.05) is 18.2 Å². The summed E-state index contributed by atoms with van der Waals surface area (Å²) >= 11 is 0. The Morgan fingerprint density at radius 1 is 1.44 bits per heavy atom. The van der Waals surface area contributed by atoms with Crippen molar-refractivity contribution < 1.29 is 4.79 Å². The summed E-state index contributed by atoms with van der Waals surface area (Å²) in [5.74, 6) is 0.950. The summed E-state index contributed by atoms with van der Waals surface area (Å²) in [4.78, 5) is 11.8. The number of hydrogen-bond donors (Lipinski definition) is 2. The van der Waals surface area contributed by atoms with Crippen molar-refractivity contribution in [2.45, 2.75) is 26.8 Å². The van der Waals surface area contributed by atoms with Crippen LogP contribution in [0.5, 0.6) is 0 Å². The molecule has 2 atom stereocenters. The van der Waals surface area contributed by atoms with E-state index in [1.165, 1.54) is 5.56 Å². The van der Waals surface area contributed by atoms with E-state index in [4.69, 9.17) is 0 Å². The first-order valence-electron chi connectivity index (χ1n) is 6.31. The second-order valence-corrected chi connectivity index (χ2v) is 4.79. The molecule has 2 unspecified atom stereocenters. The number of nitrogens with one attached hydrogen (secondary N) is 2. The zero-order valence-electron chi connectivity index (χ0n) is 10.9. The minimum absolute atomic E-state index is 0. The van der Waals surface area contributed by atoms with Crippen LogP contribution in [-0.4, -0.2) is 12.5 Å². The average molecular weight is 269 g/mol. The summed E-state index contributed by atoms with van der Waals surface area (Å²) in [7, 11) is 0. The van der Waals surface area contributed by atoms with Crippen molar-refractivity contribution in [3.63, 3.8) is 0 Å². The standard InChI is InChI=1S/C14H20N2O.ClH/c1-3-15-9-11-5-4-6-12(8-11)16-14(17)13-7-10(13)2;/h4-6,8,10,13,15H,3,7,9H2,1-2H3,(H,16,17);1H. The number of amides is 1. The molecule has 1 fully saturated rings. The van der Waals surface area contributed by atoms with Gasteiger partial charge in [-0.25, -0.2) is 0 Å². The fourth-order valence-corrected chi connectivity index (χ4v) is 1.95. The highest BCUT2D eigenvalue weighted by atomic mass is 35.5. The van der Waals surface area contributed by atoms with E-state index >= 15 is 0 Å². The molecule has 4 heteroatoms. The van der Waals surface area contributed by atoms with E-state index in [-0.39, 0.29) is 24.2 Å². The maximum Gasteiger partial charge on any atom is 0.227 e. The van der Waals surface area contributed by atoms with Gasteiger partial charge in [0.15, 0.2) is 0 Å². The third kappa shape index (κ3) is 4.00. The number of anilines is 1. The molecule has 0 aromatic heterocycles. The minimum atomic E-state index is 0. The van der Waals surface area contributed by atoms with Gasteiger partial charge in [0.25, 0.3) is 0 Å². The lowest BCUT2D eigenvalue weighted by molar-refractivity contribution is -0.117. The molecule has 1 aliphatic carbocycles. The molecule has 18 heavy (non-hydrogen) atoms. The molecule has 0 spiro atoms. The molecule has 0 heterocycles. The molecule has 2 N–H and O–H groups in total. The van der Waals surface area contributed by atoms with Crippen LogP contribution in [0.4, 0.5) is 5.69 Å². The molecule has 0 aliphatic heterocycles. The van der Waals surface area contributed by atoms with Gasteiger partial charge < -0.3 is 10.6 Å². The number of benzene rings is 1. The first kappa shape index (κ1) is 15.0. The highest BCUT2D eigenvalue weighted by molar-refractivity contribution is 5.94. The Hall–Kier alpha value is -1.06. The van der Waals surface area contributed by atoms with E-state index in [0.29, 0.717) is 5.92 Å². The maximum atomic E-state index is 11.8. The van der Waals surface area contributed by atoms with Crippen LogP contribution in [0.3, 0.4) is 0 Å². The topological polar surface area (TPSA) is 41.1 Å². The Morgan fingerprint density at radius 3 is 2.78 bits per heavy atom. The summed E-state index contributed by atoms with van der Waals surface area (Å²) < 4.78 is 0. The normalized spacial score (nSPS) is 21.0. The SMILES string of the molecule is CCNCc1cccc(NC(=O)C2CC2C)c1.Cl. The lowest BCUT2D eigenvalue weighted by Gasteiger charge is -2.07. The van der Waals surface area contributed by atoms with E-state index < -0.39 is 0 Å². The van der Waals surface area contributed by atoms with Gasteiger partial charge in [0.2, 0.25) is 5.91 Å². The zero-order chi connectivity index (χ0) is 12.3. The molecule has 1 amide bonds. The smallest absolute Gasteiger partial charge is 0.227 e. The van der Waals surface area contributed by atoms with Crippen LogP contribution in [-0.2, 0) is 11.3 Å². The van der Waals surface area contributed by atoms with E-state index in [1.54, 1.807) is 0 Å². The van der Waals surface area contributed by atoms with Crippen LogP contribution >= 0.6 is 12.4 Å². The quantitative estimate of drug-likeness (QED) is 0.862. The van der Waals surface area contributed by atoms with Gasteiger partial charge in [-0.3, -0.25) is 4.79 Å². The zero-order valence-corrected chi connectivity index (χ0v) is 11.7. The second-order valence-electron chi connectivity index (χ2n) is 4.79. The van der Waals surface area contributed by atoms with Crippen molar-refractivity contribution in [3.8, 4) is 0 Å². The number of halogens is 1. The van der Waals surface area contributed by atoms with E-state index in [0.717, 1.165) is 25.2 Å². The second kappa shape index (κ2) is 6.76. The number of carbonyl (C=O) groups excluding carboxylic acids is 1. The van der Waals surface area contributed by atoms with Crippen molar-refractivity contribution in [2.24, 2.45) is 11.8 Å². The van der Waals surface area contributed by atoms with Gasteiger partial charge in [-0.05, 0) is 36.6 Å². The number of rotatable bonds is 5. The summed E-state index contributed by atoms with van der Waals surface area (Å²) in [6.45, 7) is 6.00. The van der Waals surface area contributed by atoms with Crippen molar-refractivity contribution in [1.82, 2.24) is 5.32 Å². The minimum Gasteiger partial charge on any atom is -0.326 e. The number of carbonyl (C=O) groups is 1. The molecular formula is C14H21ClN2O. The van der Waals surface area contributed by atoms with Crippen LogP contribution in [0.15, 0.2) is 24.3 Å². The molecule has 1 saturated carbocycles. The maximum absolute atomic E-state index is 11.8. The summed E-state index contributed by atoms with van der Waals surface area (Å²) in [5, 5.41) is 6.26. The van der Waals surface area contributed by atoms with Crippen LogP contribution in [0.2, 0.25) is 0 Å². The lowest BCUT2D eigenvalue weighted by Crippen LogP contribution is -2.15. The fourth-order valence-electron chi connectivity index (χ4n) is 1.95. The van der Waals surface area contributed by atoms with Gasteiger partial charge in [0.1, 0.15) is 0 Å². The van der Waals surface area contributed by atoms with Crippen molar-refractivity contribution in [1.29, 1.82) is 0 Å². The predicted molar refractivity (Wildman–Crippen MR) is 77.0 cm³/mol. The van der Waals surface area contributed by atoms with E-state index in [9.17, 15) is 4.79 Å². The van der Waals surface area contributed by atoms with Gasteiger partial charge in [-0.2, -0.15) is 0 Å². The Morgan fingerprint density at radius 2 is 2.17 bits per heavy atom. The van der Waals surface area contributed by atoms with Gasteiger partial charge in [-0.1, -0.05) is 26.0 Å². The van der Waals surface area contributed by atoms with Crippen molar-refractivity contribution in [2.75, 3.05) is 11.9 Å². The monoisotopic (exact) mass is 268 g/mol. The average Bonchev–Trinajstić information content (AvgIpc) is 3.04. The molecule has 0 bridgehead atoms.